The van der Waals surface area contributed by atoms with Crippen LogP contribution in [0.25, 0.3) is 0 Å². The molecule has 2 N–H and O–H groups in total. The first-order valence-electron chi connectivity index (χ1n) is 15.7. The van der Waals surface area contributed by atoms with E-state index < -0.39 is 0 Å². The van der Waals surface area contributed by atoms with Gasteiger partial charge in [0.05, 0.1) is 6.10 Å². The van der Waals surface area contributed by atoms with E-state index in [1.165, 1.54) is 0 Å². The molecule has 1 amide bonds. The Morgan fingerprint density at radius 3 is 2.33 bits per heavy atom. The minimum absolute atomic E-state index is 0.00630. The fourth-order valence-electron chi connectivity index (χ4n) is 4.82. The van der Waals surface area contributed by atoms with Crippen LogP contribution >= 0.6 is 0 Å². The second-order valence-corrected chi connectivity index (χ2v) is 11.5. The number of carbonyl (C=O) groups excluding carboxylic acids is 4. The lowest BCUT2D eigenvalue weighted by Gasteiger charge is -2.23. The smallest absolute Gasteiger partial charge is 0.207 e. The second kappa shape index (κ2) is 26.0. The fourth-order valence-corrected chi connectivity index (χ4v) is 4.82. The number of ketones is 2. The van der Waals surface area contributed by atoms with Crippen LogP contribution in [0.3, 0.4) is 0 Å². The first-order chi connectivity index (χ1) is 20.2. The van der Waals surface area contributed by atoms with E-state index in [2.05, 4.69) is 18.3 Å². The average molecular weight is 588 g/mol. The Morgan fingerprint density at radius 1 is 0.905 bits per heavy atom. The Hall–Kier alpha value is -2.64. The summed E-state index contributed by atoms with van der Waals surface area (Å²) in [6, 6.07) is 0. The third kappa shape index (κ3) is 20.3. The Kier molecular flexibility index (Phi) is 24.4. The molecule has 0 aliphatic rings. The predicted molar refractivity (Wildman–Crippen MR) is 171 cm³/mol. The summed E-state index contributed by atoms with van der Waals surface area (Å²) >= 11 is 0. The number of methoxy groups -OCH3 is 1. The average Bonchev–Trinajstić information content (AvgIpc) is 2.98. The molecule has 0 aliphatic carbocycles. The molecule has 4 unspecified atom stereocenters. The summed E-state index contributed by atoms with van der Waals surface area (Å²) in [5, 5.41) is 12.1. The van der Waals surface area contributed by atoms with Crippen LogP contribution in [0.1, 0.15) is 98.3 Å². The van der Waals surface area contributed by atoms with Crippen LogP contribution in [0, 0.1) is 23.7 Å². The number of hydrogen-bond donors (Lipinski definition) is 2. The highest BCUT2D eigenvalue weighted by atomic mass is 16.5. The quantitative estimate of drug-likeness (QED) is 0.0491. The first-order valence-corrected chi connectivity index (χ1v) is 15.7. The summed E-state index contributed by atoms with van der Waals surface area (Å²) in [4.78, 5) is 46.2. The van der Waals surface area contributed by atoms with Crippen molar-refractivity contribution in [1.82, 2.24) is 5.32 Å². The molecule has 0 spiro atoms. The minimum Gasteiger partial charge on any atom is -0.396 e. The molecular weight excluding hydrogens is 530 g/mol. The molecule has 0 aromatic heterocycles. The van der Waals surface area contributed by atoms with E-state index in [9.17, 15) is 24.3 Å². The van der Waals surface area contributed by atoms with Gasteiger partial charge in [0.25, 0.3) is 0 Å². The molecule has 5 atom stereocenters. The monoisotopic (exact) mass is 587 g/mol. The summed E-state index contributed by atoms with van der Waals surface area (Å²) in [6.07, 6.45) is 22.7. The maximum Gasteiger partial charge on any atom is 0.207 e. The van der Waals surface area contributed by atoms with Crippen molar-refractivity contribution in [1.29, 1.82) is 0 Å². The summed E-state index contributed by atoms with van der Waals surface area (Å²) in [7, 11) is 1.68. The highest BCUT2D eigenvalue weighted by Crippen LogP contribution is 2.25. The van der Waals surface area contributed by atoms with E-state index in [4.69, 9.17) is 4.74 Å². The normalized spacial score (nSPS) is 16.0. The number of ether oxygens (including phenoxy) is 1. The van der Waals surface area contributed by atoms with E-state index in [-0.39, 0.29) is 47.9 Å². The molecule has 0 rings (SSSR count). The van der Waals surface area contributed by atoms with Crippen molar-refractivity contribution in [3.05, 3.63) is 48.1 Å². The van der Waals surface area contributed by atoms with E-state index in [0.29, 0.717) is 45.1 Å². The van der Waals surface area contributed by atoms with Crippen LogP contribution in [0.5, 0.6) is 0 Å². The number of aldehydes is 1. The van der Waals surface area contributed by atoms with Gasteiger partial charge in [-0.15, -0.1) is 0 Å². The number of hydrogen-bond acceptors (Lipinski definition) is 6. The predicted octanol–water partition coefficient (Wildman–Crippen LogP) is 6.51. The van der Waals surface area contributed by atoms with Crippen molar-refractivity contribution < 1.29 is 29.0 Å². The van der Waals surface area contributed by atoms with E-state index >= 15 is 0 Å². The van der Waals surface area contributed by atoms with Crippen molar-refractivity contribution in [2.75, 3.05) is 20.3 Å². The van der Waals surface area contributed by atoms with Gasteiger partial charge >= 0.3 is 0 Å². The molecule has 7 heteroatoms. The fraction of sp³-hybridized carbons (Fsp3) is 0.657. The molecule has 0 saturated heterocycles. The van der Waals surface area contributed by atoms with Crippen LogP contribution in [-0.2, 0) is 23.9 Å². The molecule has 7 nitrogen and oxygen atoms in total. The minimum atomic E-state index is -0.173. The molecule has 0 aromatic carbocycles. The number of amides is 1. The summed E-state index contributed by atoms with van der Waals surface area (Å²) in [6.45, 7) is 8.85. The molecule has 0 aliphatic heterocycles. The number of carbonyl (C=O) groups is 4. The molecule has 238 valence electrons. The van der Waals surface area contributed by atoms with Gasteiger partial charge in [0.1, 0.15) is 17.9 Å². The zero-order chi connectivity index (χ0) is 31.6. The van der Waals surface area contributed by atoms with Gasteiger partial charge in [-0.05, 0) is 69.3 Å². The van der Waals surface area contributed by atoms with Gasteiger partial charge in [-0.2, -0.15) is 0 Å². The standard InChI is InChI=1S/C35H57NO6/c1-28(24-31(4)33(40)18-12-6-7-15-23-37)16-10-8-11-17-30(3)35(42-5)25-32(21-20-29(2)26-38)34(41)19-13-9-14-22-36-27-39/h6-8,10-11,16-17,23,27-29,31-32,35,38H,9,12-15,18-22,24-26H2,1-5H3,(H,36,39)/b7-6+,11-8+,16-10+,30-17+/t28?,29-,31?,32?,35?/m1/s1. The van der Waals surface area contributed by atoms with Crippen LogP contribution in [0.15, 0.2) is 48.1 Å². The van der Waals surface area contributed by atoms with Gasteiger partial charge in [-0.25, -0.2) is 0 Å². The molecule has 0 radical (unpaired) electrons. The Balaban J connectivity index is 4.94. The third-order valence-electron chi connectivity index (χ3n) is 7.65. The number of aliphatic hydroxyl groups is 1. The van der Waals surface area contributed by atoms with Gasteiger partial charge in [0, 0.05) is 51.4 Å². The van der Waals surface area contributed by atoms with Crippen molar-refractivity contribution in [3.8, 4) is 0 Å². The molecule has 0 saturated carbocycles. The number of Topliss-reactive ketones (excluding diaryl/α,β-unsaturated/α-hetero) is 2. The molecule has 0 aromatic rings. The van der Waals surface area contributed by atoms with Crippen LogP contribution in [0.2, 0.25) is 0 Å². The Bertz CT molecular complexity index is 875. The zero-order valence-corrected chi connectivity index (χ0v) is 26.8. The van der Waals surface area contributed by atoms with E-state index in [0.717, 1.165) is 50.4 Å². The lowest BCUT2D eigenvalue weighted by molar-refractivity contribution is -0.124. The van der Waals surface area contributed by atoms with Gasteiger partial charge in [0.2, 0.25) is 6.41 Å². The van der Waals surface area contributed by atoms with Gasteiger partial charge in [-0.1, -0.05) is 69.7 Å². The number of allylic oxidation sites excluding steroid dienone is 7. The molecule has 0 bridgehead atoms. The van der Waals surface area contributed by atoms with Gasteiger partial charge in [0.15, 0.2) is 0 Å². The molecule has 0 heterocycles. The van der Waals surface area contributed by atoms with E-state index in [1.807, 2.05) is 51.2 Å². The van der Waals surface area contributed by atoms with Gasteiger partial charge < -0.3 is 20.0 Å². The summed E-state index contributed by atoms with van der Waals surface area (Å²) < 4.78 is 5.79. The number of nitrogens with one attached hydrogen (secondary N) is 1. The number of aliphatic hydroxyl groups excluding tert-OH is 1. The molecule has 42 heavy (non-hydrogen) atoms. The molecule has 0 fully saturated rings. The van der Waals surface area contributed by atoms with Crippen LogP contribution < -0.4 is 5.32 Å². The topological polar surface area (TPSA) is 110 Å². The SMILES string of the molecule is COC(CC(CC[C@@H](C)CO)C(=O)CCCCCNC=O)/C(C)=C/C=C/C=C/C(C)CC(C)C(=O)CC/C=C/CC=O. The Morgan fingerprint density at radius 2 is 1.67 bits per heavy atom. The lowest BCUT2D eigenvalue weighted by Crippen LogP contribution is -2.24. The van der Waals surface area contributed by atoms with E-state index in [1.54, 1.807) is 13.2 Å². The number of unbranched alkanes of at least 4 members (excludes halogenated alkanes) is 2. The Labute approximate surface area is 254 Å². The second-order valence-electron chi connectivity index (χ2n) is 11.5. The summed E-state index contributed by atoms with van der Waals surface area (Å²) in [5.74, 6) is 0.788. The van der Waals surface area contributed by atoms with Gasteiger partial charge in [-0.3, -0.25) is 14.4 Å². The van der Waals surface area contributed by atoms with Crippen LogP contribution in [-0.4, -0.2) is 55.7 Å². The third-order valence-corrected chi connectivity index (χ3v) is 7.65. The van der Waals surface area contributed by atoms with Crippen molar-refractivity contribution >= 4 is 24.3 Å². The zero-order valence-electron chi connectivity index (χ0n) is 26.8. The van der Waals surface area contributed by atoms with Crippen molar-refractivity contribution in [2.24, 2.45) is 23.7 Å². The largest absolute Gasteiger partial charge is 0.396 e. The first kappa shape index (κ1) is 39.4. The maximum atomic E-state index is 13.1. The van der Waals surface area contributed by atoms with Crippen molar-refractivity contribution in [3.63, 3.8) is 0 Å². The summed E-state index contributed by atoms with van der Waals surface area (Å²) in [5.41, 5.74) is 1.05. The van der Waals surface area contributed by atoms with Crippen LogP contribution in [0.4, 0.5) is 0 Å². The molecular formula is C35H57NO6. The lowest BCUT2D eigenvalue weighted by atomic mass is 9.85. The maximum absolute atomic E-state index is 13.1. The van der Waals surface area contributed by atoms with Crippen molar-refractivity contribution in [2.45, 2.75) is 104 Å². The number of rotatable bonds is 27. The highest BCUT2D eigenvalue weighted by Gasteiger charge is 2.24. The highest BCUT2D eigenvalue weighted by molar-refractivity contribution is 5.81.